The lowest BCUT2D eigenvalue weighted by atomic mass is 10.1. The number of rotatable bonds is 5. The molecule has 3 nitrogen and oxygen atoms in total. The molecular weight excluding hydrogens is 308 g/mol. The van der Waals surface area contributed by atoms with E-state index in [2.05, 4.69) is 4.99 Å². The molecule has 0 bridgehead atoms. The van der Waals surface area contributed by atoms with Crippen molar-refractivity contribution < 1.29 is 8.78 Å². The minimum atomic E-state index is -0.400. The molecule has 2 rings (SSSR count). The van der Waals surface area contributed by atoms with Crippen molar-refractivity contribution in [2.45, 2.75) is 20.8 Å². The van der Waals surface area contributed by atoms with Gasteiger partial charge in [0.2, 0.25) is 0 Å². The van der Waals surface area contributed by atoms with Crippen LogP contribution in [-0.4, -0.2) is 31.9 Å². The molecule has 0 saturated carbocycles. The van der Waals surface area contributed by atoms with E-state index in [1.54, 1.807) is 24.4 Å². The third-order valence-electron chi connectivity index (χ3n) is 4.10. The molecular formula is C19H23F2N3. The molecule has 128 valence electrons. The summed E-state index contributed by atoms with van der Waals surface area (Å²) in [5.41, 5.74) is 3.15. The molecule has 24 heavy (non-hydrogen) atoms. The van der Waals surface area contributed by atoms with Gasteiger partial charge in [0.15, 0.2) is 0 Å². The first-order chi connectivity index (χ1) is 11.3. The maximum absolute atomic E-state index is 14.2. The van der Waals surface area contributed by atoms with Gasteiger partial charge in [-0.15, -0.1) is 0 Å². The van der Waals surface area contributed by atoms with Gasteiger partial charge < -0.3 is 9.80 Å². The molecule has 0 aliphatic rings. The van der Waals surface area contributed by atoms with Crippen molar-refractivity contribution in [2.75, 3.05) is 25.5 Å². The van der Waals surface area contributed by atoms with Gasteiger partial charge in [0, 0.05) is 26.3 Å². The zero-order chi connectivity index (χ0) is 17.9. The highest BCUT2D eigenvalue weighted by Gasteiger charge is 2.16. The summed E-state index contributed by atoms with van der Waals surface area (Å²) in [4.78, 5) is 7.93. The molecule has 0 aliphatic heterocycles. The van der Waals surface area contributed by atoms with Crippen LogP contribution in [0, 0.1) is 25.5 Å². The Kier molecular flexibility index (Phi) is 5.54. The average molecular weight is 331 g/mol. The Morgan fingerprint density at radius 3 is 2.46 bits per heavy atom. The number of aryl methyl sites for hydroxylation is 1. The molecule has 0 N–H and O–H groups in total. The fourth-order valence-corrected chi connectivity index (χ4v) is 2.54. The maximum Gasteiger partial charge on any atom is 0.147 e. The molecule has 0 aromatic heterocycles. The third-order valence-corrected chi connectivity index (χ3v) is 4.10. The van der Waals surface area contributed by atoms with E-state index >= 15 is 0 Å². The molecule has 0 fully saturated rings. The van der Waals surface area contributed by atoms with Crippen LogP contribution in [0.1, 0.15) is 18.1 Å². The molecule has 0 unspecified atom stereocenters. The number of anilines is 2. The van der Waals surface area contributed by atoms with Gasteiger partial charge >= 0.3 is 0 Å². The van der Waals surface area contributed by atoms with Crippen LogP contribution < -0.4 is 4.90 Å². The number of aliphatic imine (C=N–C) groups is 1. The summed E-state index contributed by atoms with van der Waals surface area (Å²) in [6.45, 7) is 6.50. The van der Waals surface area contributed by atoms with Crippen LogP contribution >= 0.6 is 0 Å². The van der Waals surface area contributed by atoms with Gasteiger partial charge in [-0.25, -0.2) is 13.8 Å². The Morgan fingerprint density at radius 1 is 1.12 bits per heavy atom. The lowest BCUT2D eigenvalue weighted by Gasteiger charge is -2.24. The summed E-state index contributed by atoms with van der Waals surface area (Å²) < 4.78 is 28.3. The SMILES string of the molecule is CCN(C)/C=N/c1cc(F)cc(N(C)c2c(C)cccc2F)c1C. The van der Waals surface area contributed by atoms with E-state index in [0.29, 0.717) is 17.1 Å². The van der Waals surface area contributed by atoms with Gasteiger partial charge in [-0.05, 0) is 50.1 Å². The highest BCUT2D eigenvalue weighted by molar-refractivity contribution is 5.74. The van der Waals surface area contributed by atoms with Crippen LogP contribution in [0.5, 0.6) is 0 Å². The topological polar surface area (TPSA) is 18.8 Å². The molecule has 0 spiro atoms. The Bertz CT molecular complexity index is 736. The van der Waals surface area contributed by atoms with Gasteiger partial charge in [-0.2, -0.15) is 0 Å². The zero-order valence-corrected chi connectivity index (χ0v) is 14.8. The lowest BCUT2D eigenvalue weighted by molar-refractivity contribution is 0.552. The van der Waals surface area contributed by atoms with Crippen LogP contribution in [0.2, 0.25) is 0 Å². The Balaban J connectivity index is 2.51. The predicted molar refractivity (Wildman–Crippen MR) is 96.8 cm³/mol. The summed E-state index contributed by atoms with van der Waals surface area (Å²) in [6, 6.07) is 7.70. The second kappa shape index (κ2) is 7.43. The largest absolute Gasteiger partial charge is 0.366 e. The number of hydrogen-bond acceptors (Lipinski definition) is 2. The number of nitrogens with zero attached hydrogens (tertiary/aromatic N) is 3. The van der Waals surface area contributed by atoms with Gasteiger partial charge in [-0.3, -0.25) is 0 Å². The smallest absolute Gasteiger partial charge is 0.147 e. The van der Waals surface area contributed by atoms with Crippen LogP contribution in [0.3, 0.4) is 0 Å². The van der Waals surface area contributed by atoms with Gasteiger partial charge in [-0.1, -0.05) is 12.1 Å². The third kappa shape index (κ3) is 3.72. The number of halogens is 2. The summed E-state index contributed by atoms with van der Waals surface area (Å²) in [5.74, 6) is -0.736. The Morgan fingerprint density at radius 2 is 1.83 bits per heavy atom. The van der Waals surface area contributed by atoms with Gasteiger partial charge in [0.25, 0.3) is 0 Å². The molecule has 0 radical (unpaired) electrons. The Labute approximate surface area is 142 Å². The molecule has 5 heteroatoms. The summed E-state index contributed by atoms with van der Waals surface area (Å²) in [5, 5.41) is 0. The Hall–Kier alpha value is -2.43. The highest BCUT2D eigenvalue weighted by atomic mass is 19.1. The van der Waals surface area contributed by atoms with E-state index < -0.39 is 5.82 Å². The lowest BCUT2D eigenvalue weighted by Crippen LogP contribution is -2.15. The monoisotopic (exact) mass is 331 g/mol. The van der Waals surface area contributed by atoms with Crippen LogP contribution in [-0.2, 0) is 0 Å². The van der Waals surface area contributed by atoms with Gasteiger partial charge in [0.1, 0.15) is 11.6 Å². The maximum atomic E-state index is 14.2. The average Bonchev–Trinajstić information content (AvgIpc) is 2.54. The van der Waals surface area contributed by atoms with E-state index in [4.69, 9.17) is 0 Å². The van der Waals surface area contributed by atoms with E-state index in [1.165, 1.54) is 18.2 Å². The predicted octanol–water partition coefficient (Wildman–Crippen LogP) is 4.96. The summed E-state index contributed by atoms with van der Waals surface area (Å²) in [6.07, 6.45) is 1.67. The van der Waals surface area contributed by atoms with Crippen LogP contribution in [0.25, 0.3) is 0 Å². The molecule has 0 atom stereocenters. The highest BCUT2D eigenvalue weighted by Crippen LogP contribution is 2.36. The van der Waals surface area contributed by atoms with Crippen molar-refractivity contribution in [1.82, 2.24) is 4.90 Å². The molecule has 2 aromatic rings. The van der Waals surface area contributed by atoms with Crippen LogP contribution in [0.15, 0.2) is 35.3 Å². The number of para-hydroxylation sites is 1. The van der Waals surface area contributed by atoms with E-state index in [1.807, 2.05) is 38.8 Å². The van der Waals surface area contributed by atoms with Gasteiger partial charge in [0.05, 0.1) is 17.7 Å². The first-order valence-corrected chi connectivity index (χ1v) is 7.88. The molecule has 0 heterocycles. The first kappa shape index (κ1) is 17.9. The number of hydrogen-bond donors (Lipinski definition) is 0. The normalized spacial score (nSPS) is 11.1. The zero-order valence-electron chi connectivity index (χ0n) is 14.8. The molecule has 0 aliphatic carbocycles. The second-order valence-electron chi connectivity index (χ2n) is 5.85. The molecule has 0 amide bonds. The van der Waals surface area contributed by atoms with Crippen molar-refractivity contribution >= 4 is 23.4 Å². The van der Waals surface area contributed by atoms with Crippen molar-refractivity contribution in [3.8, 4) is 0 Å². The van der Waals surface area contributed by atoms with Crippen LogP contribution in [0.4, 0.5) is 25.8 Å². The number of benzene rings is 2. The van der Waals surface area contributed by atoms with E-state index in [9.17, 15) is 8.78 Å². The van der Waals surface area contributed by atoms with Crippen molar-refractivity contribution in [2.24, 2.45) is 4.99 Å². The van der Waals surface area contributed by atoms with E-state index in [0.717, 1.165) is 17.7 Å². The minimum Gasteiger partial charge on any atom is -0.366 e. The summed E-state index contributed by atoms with van der Waals surface area (Å²) in [7, 11) is 3.63. The van der Waals surface area contributed by atoms with Crippen molar-refractivity contribution in [3.63, 3.8) is 0 Å². The molecule has 2 aromatic carbocycles. The standard InChI is InChI=1S/C19H23F2N3/c1-6-23(4)12-22-17-10-15(20)11-18(14(17)3)24(5)19-13(2)8-7-9-16(19)21/h7-12H,6H2,1-5H3/b22-12+. The van der Waals surface area contributed by atoms with Crippen molar-refractivity contribution in [1.29, 1.82) is 0 Å². The first-order valence-electron chi connectivity index (χ1n) is 7.88. The molecule has 0 saturated heterocycles. The fraction of sp³-hybridized carbons (Fsp3) is 0.316. The van der Waals surface area contributed by atoms with E-state index in [-0.39, 0.29) is 5.82 Å². The summed E-state index contributed by atoms with van der Waals surface area (Å²) >= 11 is 0. The quantitative estimate of drug-likeness (QED) is 0.569. The second-order valence-corrected chi connectivity index (χ2v) is 5.85. The van der Waals surface area contributed by atoms with Crippen molar-refractivity contribution in [3.05, 3.63) is 53.1 Å². The fourth-order valence-electron chi connectivity index (χ4n) is 2.54. The minimum absolute atomic E-state index is 0.336.